The molecule has 0 spiro atoms. The summed E-state index contributed by atoms with van der Waals surface area (Å²) in [6, 6.07) is 5.19. The third kappa shape index (κ3) is 1.75. The highest BCUT2D eigenvalue weighted by atomic mass is 79.9. The standard InChI is InChI=1S/C13H15BrFN/c14-8-13(4-5-13)9-16-6-3-10-1-2-11(15)7-12(10)16/h1-2,7H,3-6,8-9H2. The van der Waals surface area contributed by atoms with Gasteiger partial charge in [-0.05, 0) is 42.4 Å². The first kappa shape index (κ1) is 10.6. The van der Waals surface area contributed by atoms with Gasteiger partial charge in [0, 0.05) is 24.1 Å². The molecular weight excluding hydrogens is 269 g/mol. The number of hydrogen-bond acceptors (Lipinski definition) is 1. The molecule has 1 saturated carbocycles. The second-order valence-corrected chi connectivity index (χ2v) is 5.64. The third-order valence-corrected chi connectivity index (χ3v) is 5.00. The van der Waals surface area contributed by atoms with Crippen LogP contribution in [0, 0.1) is 11.2 Å². The van der Waals surface area contributed by atoms with Gasteiger partial charge in [-0.2, -0.15) is 0 Å². The lowest BCUT2D eigenvalue weighted by Gasteiger charge is -2.24. The minimum absolute atomic E-state index is 0.116. The Morgan fingerprint density at radius 2 is 2.19 bits per heavy atom. The van der Waals surface area contributed by atoms with Crippen LogP contribution in [-0.4, -0.2) is 18.4 Å². The molecule has 0 unspecified atom stereocenters. The largest absolute Gasteiger partial charge is 0.370 e. The fourth-order valence-corrected chi connectivity index (χ4v) is 3.24. The first-order valence-corrected chi connectivity index (χ1v) is 6.94. The number of rotatable bonds is 3. The van der Waals surface area contributed by atoms with Crippen molar-refractivity contribution in [1.29, 1.82) is 0 Å². The Morgan fingerprint density at radius 1 is 1.38 bits per heavy atom. The van der Waals surface area contributed by atoms with Gasteiger partial charge >= 0.3 is 0 Å². The Morgan fingerprint density at radius 3 is 2.88 bits per heavy atom. The van der Waals surface area contributed by atoms with Gasteiger partial charge in [0.15, 0.2) is 0 Å². The topological polar surface area (TPSA) is 3.24 Å². The molecule has 0 aromatic heterocycles. The van der Waals surface area contributed by atoms with E-state index in [0.29, 0.717) is 5.41 Å². The zero-order valence-corrected chi connectivity index (χ0v) is 10.8. The number of anilines is 1. The van der Waals surface area contributed by atoms with E-state index >= 15 is 0 Å². The summed E-state index contributed by atoms with van der Waals surface area (Å²) >= 11 is 3.59. The van der Waals surface area contributed by atoms with Crippen molar-refractivity contribution >= 4 is 21.6 Å². The molecule has 1 aliphatic heterocycles. The monoisotopic (exact) mass is 283 g/mol. The predicted octanol–water partition coefficient (Wildman–Crippen LogP) is 3.36. The third-order valence-electron chi connectivity index (χ3n) is 3.81. The maximum absolute atomic E-state index is 13.2. The van der Waals surface area contributed by atoms with E-state index in [-0.39, 0.29) is 5.82 Å². The van der Waals surface area contributed by atoms with Crippen LogP contribution in [0.2, 0.25) is 0 Å². The summed E-state index contributed by atoms with van der Waals surface area (Å²) in [6.45, 7) is 2.13. The van der Waals surface area contributed by atoms with E-state index in [9.17, 15) is 4.39 Å². The van der Waals surface area contributed by atoms with Crippen LogP contribution in [0.1, 0.15) is 18.4 Å². The zero-order chi connectivity index (χ0) is 11.2. The van der Waals surface area contributed by atoms with Crippen LogP contribution in [0.25, 0.3) is 0 Å². The quantitative estimate of drug-likeness (QED) is 0.769. The van der Waals surface area contributed by atoms with E-state index in [4.69, 9.17) is 0 Å². The molecule has 0 amide bonds. The molecule has 1 aromatic rings. The van der Waals surface area contributed by atoms with Gasteiger partial charge < -0.3 is 4.90 Å². The summed E-state index contributed by atoms with van der Waals surface area (Å²) in [6.07, 6.45) is 3.67. The maximum atomic E-state index is 13.2. The number of halogens is 2. The fraction of sp³-hybridized carbons (Fsp3) is 0.538. The van der Waals surface area contributed by atoms with Crippen molar-refractivity contribution in [1.82, 2.24) is 0 Å². The van der Waals surface area contributed by atoms with Gasteiger partial charge in [0.2, 0.25) is 0 Å². The lowest BCUT2D eigenvalue weighted by atomic mass is 10.1. The lowest BCUT2D eigenvalue weighted by molar-refractivity contribution is 0.569. The van der Waals surface area contributed by atoms with E-state index in [0.717, 1.165) is 30.5 Å². The van der Waals surface area contributed by atoms with E-state index in [1.807, 2.05) is 6.07 Å². The van der Waals surface area contributed by atoms with Crippen LogP contribution in [0.5, 0.6) is 0 Å². The van der Waals surface area contributed by atoms with Crippen molar-refractivity contribution in [3.8, 4) is 0 Å². The molecule has 1 heterocycles. The van der Waals surface area contributed by atoms with E-state index < -0.39 is 0 Å². The van der Waals surface area contributed by atoms with E-state index in [1.54, 1.807) is 12.1 Å². The van der Waals surface area contributed by atoms with E-state index in [2.05, 4.69) is 20.8 Å². The maximum Gasteiger partial charge on any atom is 0.125 e. The number of alkyl halides is 1. The molecule has 3 rings (SSSR count). The molecule has 1 aromatic carbocycles. The number of nitrogens with zero attached hydrogens (tertiary/aromatic N) is 1. The Hall–Kier alpha value is -0.570. The van der Waals surface area contributed by atoms with Crippen molar-refractivity contribution in [2.75, 3.05) is 23.3 Å². The molecule has 0 bridgehead atoms. The minimum atomic E-state index is -0.116. The minimum Gasteiger partial charge on any atom is -0.370 e. The smallest absolute Gasteiger partial charge is 0.125 e. The number of benzene rings is 1. The van der Waals surface area contributed by atoms with Gasteiger partial charge in [0.1, 0.15) is 5.82 Å². The second kappa shape index (κ2) is 3.73. The average Bonchev–Trinajstić information content (AvgIpc) is 2.96. The molecule has 1 fully saturated rings. The van der Waals surface area contributed by atoms with Crippen LogP contribution >= 0.6 is 15.9 Å². The van der Waals surface area contributed by atoms with Crippen molar-refractivity contribution in [2.45, 2.75) is 19.3 Å². The molecule has 0 N–H and O–H groups in total. The van der Waals surface area contributed by atoms with Gasteiger partial charge in [0.25, 0.3) is 0 Å². The highest BCUT2D eigenvalue weighted by molar-refractivity contribution is 9.09. The van der Waals surface area contributed by atoms with Gasteiger partial charge in [0.05, 0.1) is 0 Å². The summed E-state index contributed by atoms with van der Waals surface area (Å²) < 4.78 is 13.2. The van der Waals surface area contributed by atoms with Gasteiger partial charge in [-0.1, -0.05) is 22.0 Å². The second-order valence-electron chi connectivity index (χ2n) is 5.08. The van der Waals surface area contributed by atoms with Gasteiger partial charge in [-0.15, -0.1) is 0 Å². The summed E-state index contributed by atoms with van der Waals surface area (Å²) in [7, 11) is 0. The number of fused-ring (bicyclic) bond motifs is 1. The molecule has 16 heavy (non-hydrogen) atoms. The summed E-state index contributed by atoms with van der Waals surface area (Å²) in [5.41, 5.74) is 2.88. The summed E-state index contributed by atoms with van der Waals surface area (Å²) in [5, 5.41) is 1.07. The Kier molecular flexibility index (Phi) is 2.46. The molecule has 0 radical (unpaired) electrons. The fourth-order valence-electron chi connectivity index (χ4n) is 2.50. The molecule has 0 atom stereocenters. The Bertz CT molecular complexity index is 414. The van der Waals surface area contributed by atoms with Crippen LogP contribution < -0.4 is 4.90 Å². The Labute approximate surface area is 104 Å². The van der Waals surface area contributed by atoms with Gasteiger partial charge in [-0.25, -0.2) is 4.39 Å². The molecule has 2 aliphatic rings. The average molecular weight is 284 g/mol. The molecular formula is C13H15BrFN. The molecule has 3 heteroatoms. The van der Waals surface area contributed by atoms with Crippen LogP contribution in [0.4, 0.5) is 10.1 Å². The summed E-state index contributed by atoms with van der Waals surface area (Å²) in [5.74, 6) is -0.116. The lowest BCUT2D eigenvalue weighted by Crippen LogP contribution is -2.29. The normalized spacial score (nSPS) is 21.0. The highest BCUT2D eigenvalue weighted by Gasteiger charge is 2.43. The SMILES string of the molecule is Fc1ccc2c(c1)N(CC1(CBr)CC1)CC2. The van der Waals surface area contributed by atoms with Crippen LogP contribution in [0.3, 0.4) is 0 Å². The highest BCUT2D eigenvalue weighted by Crippen LogP contribution is 2.49. The zero-order valence-electron chi connectivity index (χ0n) is 9.18. The first-order valence-electron chi connectivity index (χ1n) is 5.82. The predicted molar refractivity (Wildman–Crippen MR) is 67.8 cm³/mol. The summed E-state index contributed by atoms with van der Waals surface area (Å²) in [4.78, 5) is 2.35. The molecule has 1 nitrogen and oxygen atoms in total. The van der Waals surface area contributed by atoms with Gasteiger partial charge in [-0.3, -0.25) is 0 Å². The first-order chi connectivity index (χ1) is 7.72. The van der Waals surface area contributed by atoms with Crippen molar-refractivity contribution in [3.05, 3.63) is 29.6 Å². The van der Waals surface area contributed by atoms with Crippen molar-refractivity contribution < 1.29 is 4.39 Å². The van der Waals surface area contributed by atoms with Crippen molar-refractivity contribution in [3.63, 3.8) is 0 Å². The molecule has 0 saturated heterocycles. The Balaban J connectivity index is 1.83. The van der Waals surface area contributed by atoms with Crippen molar-refractivity contribution in [2.24, 2.45) is 5.41 Å². The van der Waals surface area contributed by atoms with Crippen LogP contribution in [-0.2, 0) is 6.42 Å². The number of hydrogen-bond donors (Lipinski definition) is 0. The van der Waals surface area contributed by atoms with Crippen LogP contribution in [0.15, 0.2) is 18.2 Å². The molecule has 86 valence electrons. The van der Waals surface area contributed by atoms with E-state index in [1.165, 1.54) is 18.4 Å². The molecule has 1 aliphatic carbocycles.